The fourth-order valence-electron chi connectivity index (χ4n) is 2.29. The molecule has 18 heavy (non-hydrogen) atoms. The van der Waals surface area contributed by atoms with Crippen molar-refractivity contribution in [2.24, 2.45) is 0 Å². The number of carbonyl (C=O) groups is 1. The van der Waals surface area contributed by atoms with Crippen molar-refractivity contribution in [1.29, 1.82) is 0 Å². The van der Waals surface area contributed by atoms with Gasteiger partial charge in [-0.15, -0.1) is 0 Å². The number of benzene rings is 1. The minimum Gasteiger partial charge on any atom is -0.481 e. The van der Waals surface area contributed by atoms with Gasteiger partial charge in [-0.1, -0.05) is 18.2 Å². The quantitative estimate of drug-likeness (QED) is 0.808. The first-order valence-corrected chi connectivity index (χ1v) is 5.95. The Hall–Kier alpha value is -2.16. The maximum Gasteiger partial charge on any atom is 0.221 e. The third-order valence-electron chi connectivity index (χ3n) is 3.20. The maximum atomic E-state index is 11.3. The molecule has 3 nitrogen and oxygen atoms in total. The van der Waals surface area contributed by atoms with E-state index < -0.39 is 0 Å². The van der Waals surface area contributed by atoms with Gasteiger partial charge in [0.05, 0.1) is 12.8 Å². The van der Waals surface area contributed by atoms with Crippen molar-refractivity contribution >= 4 is 22.1 Å². The van der Waals surface area contributed by atoms with Gasteiger partial charge in [0, 0.05) is 11.8 Å². The molecular weight excluding hydrogens is 226 g/mol. The van der Waals surface area contributed by atoms with Gasteiger partial charge in [0.15, 0.2) is 5.78 Å². The first-order valence-electron chi connectivity index (χ1n) is 5.95. The maximum absolute atomic E-state index is 11.3. The third kappa shape index (κ3) is 1.78. The zero-order valence-corrected chi connectivity index (χ0v) is 10.1. The summed E-state index contributed by atoms with van der Waals surface area (Å²) >= 11 is 0. The van der Waals surface area contributed by atoms with E-state index in [0.29, 0.717) is 12.3 Å². The minimum absolute atomic E-state index is 0.180. The number of fused-ring (bicyclic) bond motifs is 1. The van der Waals surface area contributed by atoms with E-state index in [1.165, 1.54) is 0 Å². The molecule has 1 aromatic carbocycles. The number of aromatic nitrogens is 1. The molecule has 90 valence electrons. The van der Waals surface area contributed by atoms with Crippen molar-refractivity contribution in [1.82, 2.24) is 4.98 Å². The van der Waals surface area contributed by atoms with E-state index in [2.05, 4.69) is 4.98 Å². The van der Waals surface area contributed by atoms with Crippen LogP contribution in [0.1, 0.15) is 18.5 Å². The summed E-state index contributed by atoms with van der Waals surface area (Å²) in [5.74, 6) is 0.794. The van der Waals surface area contributed by atoms with Crippen LogP contribution in [0, 0.1) is 0 Å². The van der Waals surface area contributed by atoms with E-state index >= 15 is 0 Å². The second kappa shape index (κ2) is 4.26. The van der Waals surface area contributed by atoms with E-state index in [0.717, 1.165) is 28.5 Å². The number of hydrogen-bond acceptors (Lipinski definition) is 3. The lowest BCUT2D eigenvalue weighted by molar-refractivity contribution is -0.114. The molecule has 1 aromatic heterocycles. The van der Waals surface area contributed by atoms with Crippen LogP contribution in [0.25, 0.3) is 16.3 Å². The van der Waals surface area contributed by atoms with Crippen LogP contribution in [0.15, 0.2) is 36.4 Å². The summed E-state index contributed by atoms with van der Waals surface area (Å²) in [6.07, 6.45) is 3.05. The molecule has 0 atom stereocenters. The molecule has 1 heterocycles. The number of rotatable bonds is 2. The summed E-state index contributed by atoms with van der Waals surface area (Å²) < 4.78 is 5.33. The molecule has 0 amide bonds. The summed E-state index contributed by atoms with van der Waals surface area (Å²) in [6, 6.07) is 9.98. The summed E-state index contributed by atoms with van der Waals surface area (Å²) in [5.41, 5.74) is 1.85. The second-order valence-corrected chi connectivity index (χ2v) is 4.37. The molecule has 0 N–H and O–H groups in total. The molecule has 0 fully saturated rings. The van der Waals surface area contributed by atoms with Gasteiger partial charge in [-0.3, -0.25) is 4.79 Å². The fraction of sp³-hybridized carbons (Fsp3) is 0.200. The molecule has 0 saturated carbocycles. The van der Waals surface area contributed by atoms with E-state index in [9.17, 15) is 4.79 Å². The molecule has 0 unspecified atom stereocenters. The van der Waals surface area contributed by atoms with Gasteiger partial charge in [-0.25, -0.2) is 4.98 Å². The third-order valence-corrected chi connectivity index (χ3v) is 3.20. The number of ketones is 1. The van der Waals surface area contributed by atoms with Crippen LogP contribution >= 0.6 is 0 Å². The summed E-state index contributed by atoms with van der Waals surface area (Å²) in [5, 5.41) is 2.08. The van der Waals surface area contributed by atoms with Gasteiger partial charge in [-0.05, 0) is 35.6 Å². The monoisotopic (exact) mass is 239 g/mol. The highest BCUT2D eigenvalue weighted by Crippen LogP contribution is 2.30. The van der Waals surface area contributed by atoms with Crippen molar-refractivity contribution in [3.05, 3.63) is 42.1 Å². The number of nitrogens with zero attached hydrogens (tertiary/aromatic N) is 1. The molecule has 0 spiro atoms. The Labute approximate surface area is 105 Å². The Kier molecular flexibility index (Phi) is 2.59. The normalized spacial score (nSPS) is 14.9. The Bertz CT molecular complexity index is 659. The molecular formula is C15H13NO2. The zero-order valence-electron chi connectivity index (χ0n) is 10.1. The average molecular weight is 239 g/mol. The van der Waals surface area contributed by atoms with Crippen LogP contribution in [0.2, 0.25) is 0 Å². The smallest absolute Gasteiger partial charge is 0.221 e. The lowest BCUT2D eigenvalue weighted by Gasteiger charge is -2.08. The standard InChI is InChI=1S/C15H13NO2/c1-18-15-13-5-3-2-4-10(13)9-14(16-15)11-6-7-12(17)8-11/h2-5,8-9H,6-7H2,1H3. The Morgan fingerprint density at radius 3 is 2.78 bits per heavy atom. The van der Waals surface area contributed by atoms with Crippen molar-refractivity contribution in [3.63, 3.8) is 0 Å². The Balaban J connectivity index is 2.20. The average Bonchev–Trinajstić information content (AvgIpc) is 2.84. The van der Waals surface area contributed by atoms with Crippen molar-refractivity contribution in [2.45, 2.75) is 12.8 Å². The van der Waals surface area contributed by atoms with Gasteiger partial charge in [0.1, 0.15) is 0 Å². The molecule has 2 aromatic rings. The van der Waals surface area contributed by atoms with Crippen molar-refractivity contribution < 1.29 is 9.53 Å². The number of pyridine rings is 1. The second-order valence-electron chi connectivity index (χ2n) is 4.37. The van der Waals surface area contributed by atoms with Gasteiger partial charge in [-0.2, -0.15) is 0 Å². The van der Waals surface area contributed by atoms with Crippen LogP contribution in [0.3, 0.4) is 0 Å². The predicted octanol–water partition coefficient (Wildman–Crippen LogP) is 2.99. The fourth-order valence-corrected chi connectivity index (χ4v) is 2.29. The van der Waals surface area contributed by atoms with Crippen LogP contribution in [0.5, 0.6) is 5.88 Å². The van der Waals surface area contributed by atoms with E-state index in [1.807, 2.05) is 30.3 Å². The minimum atomic E-state index is 0.180. The van der Waals surface area contributed by atoms with Gasteiger partial charge < -0.3 is 4.74 Å². The lowest BCUT2D eigenvalue weighted by Crippen LogP contribution is -1.94. The van der Waals surface area contributed by atoms with E-state index in [4.69, 9.17) is 4.74 Å². The first kappa shape index (κ1) is 11.0. The van der Waals surface area contributed by atoms with Crippen LogP contribution < -0.4 is 4.74 Å². The van der Waals surface area contributed by atoms with Crippen LogP contribution in [0.4, 0.5) is 0 Å². The SMILES string of the molecule is COc1nc(C2=CC(=O)CC2)cc2ccccc12. The lowest BCUT2D eigenvalue weighted by atomic mass is 10.1. The Morgan fingerprint density at radius 2 is 2.06 bits per heavy atom. The van der Waals surface area contributed by atoms with Crippen LogP contribution in [-0.4, -0.2) is 17.9 Å². The molecule has 3 rings (SSSR count). The predicted molar refractivity (Wildman–Crippen MR) is 70.5 cm³/mol. The topological polar surface area (TPSA) is 39.2 Å². The van der Waals surface area contributed by atoms with Gasteiger partial charge in [0.25, 0.3) is 0 Å². The first-order chi connectivity index (χ1) is 8.78. The van der Waals surface area contributed by atoms with E-state index in [1.54, 1.807) is 13.2 Å². The highest BCUT2D eigenvalue weighted by atomic mass is 16.5. The molecule has 3 heteroatoms. The van der Waals surface area contributed by atoms with E-state index in [-0.39, 0.29) is 5.78 Å². The van der Waals surface area contributed by atoms with Gasteiger partial charge in [0.2, 0.25) is 5.88 Å². The highest BCUT2D eigenvalue weighted by molar-refractivity contribution is 6.02. The molecule has 0 bridgehead atoms. The van der Waals surface area contributed by atoms with Gasteiger partial charge >= 0.3 is 0 Å². The number of ether oxygens (including phenoxy) is 1. The number of hydrogen-bond donors (Lipinski definition) is 0. The zero-order chi connectivity index (χ0) is 12.5. The summed E-state index contributed by atoms with van der Waals surface area (Å²) in [6.45, 7) is 0. The Morgan fingerprint density at radius 1 is 1.22 bits per heavy atom. The largest absolute Gasteiger partial charge is 0.481 e. The number of methoxy groups -OCH3 is 1. The van der Waals surface area contributed by atoms with Crippen LogP contribution in [-0.2, 0) is 4.79 Å². The molecule has 0 aliphatic heterocycles. The molecule has 0 saturated heterocycles. The molecule has 1 aliphatic rings. The highest BCUT2D eigenvalue weighted by Gasteiger charge is 2.16. The number of allylic oxidation sites excluding steroid dienone is 2. The summed E-state index contributed by atoms with van der Waals surface area (Å²) in [4.78, 5) is 15.8. The van der Waals surface area contributed by atoms with Crippen molar-refractivity contribution in [3.8, 4) is 5.88 Å². The van der Waals surface area contributed by atoms with Crippen molar-refractivity contribution in [2.75, 3.05) is 7.11 Å². The summed E-state index contributed by atoms with van der Waals surface area (Å²) in [7, 11) is 1.62. The molecule has 0 radical (unpaired) electrons. The number of carbonyl (C=O) groups excluding carboxylic acids is 1. The molecule has 1 aliphatic carbocycles.